The fourth-order valence-corrected chi connectivity index (χ4v) is 5.55. The Kier molecular flexibility index (Phi) is 5.01. The van der Waals surface area contributed by atoms with Crippen molar-refractivity contribution in [2.45, 2.75) is 24.8 Å². The van der Waals surface area contributed by atoms with Crippen molar-refractivity contribution in [1.29, 1.82) is 0 Å². The van der Waals surface area contributed by atoms with Crippen molar-refractivity contribution in [3.05, 3.63) is 39.4 Å². The number of rotatable bonds is 3. The Morgan fingerprint density at radius 3 is 2.92 bits per heavy atom. The minimum Gasteiger partial charge on any atom is -0.453 e. The van der Waals surface area contributed by atoms with Crippen LogP contribution in [0.4, 0.5) is 9.93 Å². The Morgan fingerprint density at radius 2 is 2.20 bits per heavy atom. The molecule has 0 unspecified atom stereocenters. The van der Waals surface area contributed by atoms with Gasteiger partial charge >= 0.3 is 6.09 Å². The molecule has 7 nitrogen and oxygen atoms in total. The summed E-state index contributed by atoms with van der Waals surface area (Å²) in [6, 6.07) is 4.85. The third kappa shape index (κ3) is 3.50. The summed E-state index contributed by atoms with van der Waals surface area (Å²) in [7, 11) is -2.39. The van der Waals surface area contributed by atoms with E-state index in [1.807, 2.05) is 0 Å². The van der Waals surface area contributed by atoms with Crippen molar-refractivity contribution in [2.75, 3.05) is 19.0 Å². The number of carbonyl (C=O) groups is 1. The molecule has 1 aliphatic rings. The number of fused-ring (bicyclic) bond motifs is 1. The van der Waals surface area contributed by atoms with Crippen LogP contribution in [0.1, 0.15) is 16.1 Å². The van der Waals surface area contributed by atoms with Gasteiger partial charge in [-0.25, -0.2) is 18.2 Å². The number of hydrogen-bond donors (Lipinski definition) is 1. The number of halogens is 1. The molecule has 2 aromatic rings. The van der Waals surface area contributed by atoms with Gasteiger partial charge in [0.15, 0.2) is 5.13 Å². The highest BCUT2D eigenvalue weighted by Crippen LogP contribution is 2.32. The van der Waals surface area contributed by atoms with Gasteiger partial charge in [0.05, 0.1) is 24.2 Å². The van der Waals surface area contributed by atoms with Crippen molar-refractivity contribution in [2.24, 2.45) is 0 Å². The molecule has 0 saturated heterocycles. The number of sulfonamides is 1. The first kappa shape index (κ1) is 18.1. The average molecular weight is 402 g/mol. The van der Waals surface area contributed by atoms with Crippen LogP contribution in [0.25, 0.3) is 0 Å². The summed E-state index contributed by atoms with van der Waals surface area (Å²) in [5, 5.41) is 3.33. The molecule has 0 atom stereocenters. The smallest absolute Gasteiger partial charge is 0.413 e. The Hall–Kier alpha value is -1.68. The summed E-state index contributed by atoms with van der Waals surface area (Å²) in [6.07, 6.45) is -0.127. The first-order valence-electron chi connectivity index (χ1n) is 7.41. The van der Waals surface area contributed by atoms with Crippen LogP contribution in [0.2, 0.25) is 5.02 Å². The fraction of sp³-hybridized carbons (Fsp3) is 0.333. The summed E-state index contributed by atoms with van der Waals surface area (Å²) in [4.78, 5) is 16.6. The van der Waals surface area contributed by atoms with Crippen LogP contribution in [0.15, 0.2) is 23.1 Å². The lowest BCUT2D eigenvalue weighted by atomic mass is 10.2. The van der Waals surface area contributed by atoms with Crippen molar-refractivity contribution < 1.29 is 17.9 Å². The number of thiazole rings is 1. The van der Waals surface area contributed by atoms with E-state index in [-0.39, 0.29) is 11.4 Å². The highest BCUT2D eigenvalue weighted by atomic mass is 35.5. The monoisotopic (exact) mass is 401 g/mol. The minimum atomic E-state index is -3.66. The van der Waals surface area contributed by atoms with E-state index in [2.05, 4.69) is 15.0 Å². The van der Waals surface area contributed by atoms with E-state index in [0.29, 0.717) is 28.7 Å². The van der Waals surface area contributed by atoms with Gasteiger partial charge in [-0.15, -0.1) is 0 Å². The summed E-state index contributed by atoms with van der Waals surface area (Å²) >= 11 is 7.31. The van der Waals surface area contributed by atoms with Crippen molar-refractivity contribution in [3.63, 3.8) is 0 Å². The van der Waals surface area contributed by atoms with E-state index in [1.165, 1.54) is 22.8 Å². The van der Waals surface area contributed by atoms with Crippen molar-refractivity contribution in [1.82, 2.24) is 9.29 Å². The standard InChI is InChI=1S/C15H16ClN3O4S2/c1-9-10(16)4-3-5-13(9)25(21,22)19-7-6-11-12(8-19)24-14(17-11)18-15(20)23-2/h3-5H,6-8H2,1-2H3,(H,17,18,20). The maximum absolute atomic E-state index is 13.0. The summed E-state index contributed by atoms with van der Waals surface area (Å²) in [6.45, 7) is 2.22. The van der Waals surface area contributed by atoms with Gasteiger partial charge in [-0.1, -0.05) is 29.0 Å². The predicted octanol–water partition coefficient (Wildman–Crippen LogP) is 3.03. The van der Waals surface area contributed by atoms with E-state index in [1.54, 1.807) is 25.1 Å². The molecule has 2 heterocycles. The molecule has 1 N–H and O–H groups in total. The molecule has 10 heteroatoms. The summed E-state index contributed by atoms with van der Waals surface area (Å²) in [5.74, 6) is 0. The maximum atomic E-state index is 13.0. The number of aromatic nitrogens is 1. The second-order valence-corrected chi connectivity index (χ2v) is 8.85. The molecule has 1 aromatic carbocycles. The van der Waals surface area contributed by atoms with E-state index in [4.69, 9.17) is 11.6 Å². The van der Waals surface area contributed by atoms with Gasteiger partial charge in [-0.2, -0.15) is 4.31 Å². The molecule has 1 amide bonds. The minimum absolute atomic E-state index is 0.209. The molecule has 25 heavy (non-hydrogen) atoms. The van der Waals surface area contributed by atoms with Crippen LogP contribution >= 0.6 is 22.9 Å². The number of nitrogens with zero attached hydrogens (tertiary/aromatic N) is 2. The number of methoxy groups -OCH3 is 1. The molecule has 1 aliphatic heterocycles. The number of amides is 1. The molecule has 0 spiro atoms. The average Bonchev–Trinajstić information content (AvgIpc) is 2.98. The van der Waals surface area contributed by atoms with Crippen molar-refractivity contribution >= 4 is 44.2 Å². The molecule has 0 bridgehead atoms. The van der Waals surface area contributed by atoms with Crippen LogP contribution in [-0.2, 0) is 27.7 Å². The van der Waals surface area contributed by atoms with Gasteiger partial charge in [0.1, 0.15) is 0 Å². The topological polar surface area (TPSA) is 88.6 Å². The van der Waals surface area contributed by atoms with E-state index in [9.17, 15) is 13.2 Å². The molecule has 3 rings (SSSR count). The van der Waals surface area contributed by atoms with Crippen LogP contribution < -0.4 is 5.32 Å². The number of anilines is 1. The third-order valence-corrected chi connectivity index (χ3v) is 7.32. The van der Waals surface area contributed by atoms with E-state index < -0.39 is 16.1 Å². The van der Waals surface area contributed by atoms with Crippen LogP contribution in [0.3, 0.4) is 0 Å². The number of benzene rings is 1. The largest absolute Gasteiger partial charge is 0.453 e. The van der Waals surface area contributed by atoms with Crippen molar-refractivity contribution in [3.8, 4) is 0 Å². The molecular weight excluding hydrogens is 386 g/mol. The Labute approximate surface area is 154 Å². The van der Waals surface area contributed by atoms with Gasteiger partial charge in [0.2, 0.25) is 10.0 Å². The zero-order valence-electron chi connectivity index (χ0n) is 13.6. The Balaban J connectivity index is 1.87. The second-order valence-electron chi connectivity index (χ2n) is 5.46. The van der Waals surface area contributed by atoms with Crippen LogP contribution in [0.5, 0.6) is 0 Å². The molecule has 134 valence electrons. The molecule has 0 fully saturated rings. The highest BCUT2D eigenvalue weighted by molar-refractivity contribution is 7.89. The van der Waals surface area contributed by atoms with Crippen LogP contribution in [-0.4, -0.2) is 37.5 Å². The number of carbonyl (C=O) groups excluding carboxylic acids is 1. The summed E-state index contributed by atoms with van der Waals surface area (Å²) in [5.41, 5.74) is 1.33. The van der Waals surface area contributed by atoms with E-state index in [0.717, 1.165) is 10.6 Å². The maximum Gasteiger partial charge on any atom is 0.413 e. The van der Waals surface area contributed by atoms with Gasteiger partial charge < -0.3 is 4.74 Å². The lowest BCUT2D eigenvalue weighted by Crippen LogP contribution is -2.35. The zero-order valence-corrected chi connectivity index (χ0v) is 16.0. The first-order valence-corrected chi connectivity index (χ1v) is 10.0. The number of nitrogens with one attached hydrogen (secondary N) is 1. The quantitative estimate of drug-likeness (QED) is 0.853. The van der Waals surface area contributed by atoms with Gasteiger partial charge in [0.25, 0.3) is 0 Å². The molecular formula is C15H16ClN3O4S2. The normalized spacial score (nSPS) is 14.8. The van der Waals surface area contributed by atoms with Gasteiger partial charge in [0, 0.05) is 22.9 Å². The number of hydrogen-bond acceptors (Lipinski definition) is 6. The lowest BCUT2D eigenvalue weighted by molar-refractivity contribution is 0.187. The molecule has 0 saturated carbocycles. The van der Waals surface area contributed by atoms with Crippen LogP contribution in [0, 0.1) is 6.92 Å². The summed E-state index contributed by atoms with van der Waals surface area (Å²) < 4.78 is 31.9. The zero-order chi connectivity index (χ0) is 18.2. The van der Waals surface area contributed by atoms with E-state index >= 15 is 0 Å². The molecule has 0 radical (unpaired) electrons. The SMILES string of the molecule is COC(=O)Nc1nc2c(s1)CN(S(=O)(=O)c1cccc(Cl)c1C)CC2. The van der Waals surface area contributed by atoms with Gasteiger partial charge in [-0.05, 0) is 24.6 Å². The Bertz CT molecular complexity index is 927. The Morgan fingerprint density at radius 1 is 1.44 bits per heavy atom. The predicted molar refractivity (Wildman–Crippen MR) is 95.6 cm³/mol. The second kappa shape index (κ2) is 6.91. The highest BCUT2D eigenvalue weighted by Gasteiger charge is 2.31. The fourth-order valence-electron chi connectivity index (χ4n) is 2.58. The third-order valence-electron chi connectivity index (χ3n) is 3.93. The van der Waals surface area contributed by atoms with Gasteiger partial charge in [-0.3, -0.25) is 5.32 Å². The lowest BCUT2D eigenvalue weighted by Gasteiger charge is -2.26. The molecule has 0 aliphatic carbocycles. The number of ether oxygens (including phenoxy) is 1. The molecule has 1 aromatic heterocycles. The first-order chi connectivity index (χ1) is 11.8.